The van der Waals surface area contributed by atoms with E-state index in [9.17, 15) is 9.90 Å². The number of aliphatic hydroxyl groups excluding tert-OH is 1. The lowest BCUT2D eigenvalue weighted by Gasteiger charge is -2.07. The molecule has 0 spiro atoms. The van der Waals surface area contributed by atoms with Gasteiger partial charge in [-0.2, -0.15) is 0 Å². The fourth-order valence-corrected chi connectivity index (χ4v) is 3.70. The van der Waals surface area contributed by atoms with E-state index in [1.165, 1.54) is 83.5 Å². The van der Waals surface area contributed by atoms with Crippen LogP contribution < -0.4 is 0 Å². The van der Waals surface area contributed by atoms with Crippen molar-refractivity contribution in [2.24, 2.45) is 0 Å². The largest absolute Gasteiger partial charge is 0.481 e. The Morgan fingerprint density at radius 2 is 1.23 bits per heavy atom. The van der Waals surface area contributed by atoms with Crippen LogP contribution in [0.2, 0.25) is 0 Å². The molecule has 0 saturated heterocycles. The quantitative estimate of drug-likeness (QED) is 0.128. The van der Waals surface area contributed by atoms with Gasteiger partial charge in [-0.15, -0.1) is 0 Å². The van der Waals surface area contributed by atoms with Crippen LogP contribution in [0.4, 0.5) is 0 Å². The zero-order chi connectivity index (χ0) is 22.1. The maximum atomic E-state index is 10.4. The maximum absolute atomic E-state index is 10.4. The van der Waals surface area contributed by atoms with Crippen LogP contribution >= 0.6 is 0 Å². The summed E-state index contributed by atoms with van der Waals surface area (Å²) < 4.78 is 0. The number of carboxylic acid groups (broad SMARTS) is 1. The van der Waals surface area contributed by atoms with Crippen molar-refractivity contribution in [1.82, 2.24) is 0 Å². The molecule has 0 aromatic rings. The second-order valence-corrected chi connectivity index (χ2v) is 8.74. The van der Waals surface area contributed by atoms with Crippen molar-refractivity contribution in [3.63, 3.8) is 0 Å². The van der Waals surface area contributed by atoms with Crippen LogP contribution in [-0.4, -0.2) is 22.3 Å². The molecule has 0 saturated carbocycles. The molecule has 0 radical (unpaired) electrons. The highest BCUT2D eigenvalue weighted by atomic mass is 16.4. The molecule has 30 heavy (non-hydrogen) atoms. The Hall–Kier alpha value is -1.09. The first-order chi connectivity index (χ1) is 14.7. The Bertz CT molecular complexity index is 414. The van der Waals surface area contributed by atoms with Crippen molar-refractivity contribution in [2.75, 3.05) is 0 Å². The molecule has 3 nitrogen and oxygen atoms in total. The van der Waals surface area contributed by atoms with Crippen molar-refractivity contribution < 1.29 is 15.0 Å². The zero-order valence-corrected chi connectivity index (χ0v) is 19.8. The van der Waals surface area contributed by atoms with E-state index < -0.39 is 5.97 Å². The summed E-state index contributed by atoms with van der Waals surface area (Å²) in [6.45, 7) is 2.23. The van der Waals surface area contributed by atoms with Crippen LogP contribution in [0.25, 0.3) is 0 Å². The van der Waals surface area contributed by atoms with Crippen LogP contribution in [-0.2, 0) is 4.79 Å². The third kappa shape index (κ3) is 24.9. The van der Waals surface area contributed by atoms with E-state index in [-0.39, 0.29) is 6.10 Å². The Balaban J connectivity index is 3.26. The molecule has 0 amide bonds. The summed E-state index contributed by atoms with van der Waals surface area (Å²) in [4.78, 5) is 10.4. The number of allylic oxidation sites excluding steroid dienone is 3. The van der Waals surface area contributed by atoms with Gasteiger partial charge in [0.1, 0.15) is 0 Å². The summed E-state index contributed by atoms with van der Waals surface area (Å²) in [6, 6.07) is 0. The highest BCUT2D eigenvalue weighted by Crippen LogP contribution is 2.14. The van der Waals surface area contributed by atoms with Crippen LogP contribution in [0.5, 0.6) is 0 Å². The first-order valence-corrected chi connectivity index (χ1v) is 12.9. The molecule has 0 aliphatic rings. The third-order valence-corrected chi connectivity index (χ3v) is 5.67. The molecular formula is C27H50O3. The highest BCUT2D eigenvalue weighted by Gasteiger charge is 2.01. The van der Waals surface area contributed by atoms with Gasteiger partial charge in [-0.3, -0.25) is 4.79 Å². The molecule has 0 aromatic heterocycles. The predicted octanol–water partition coefficient (Wildman–Crippen LogP) is 8.37. The summed E-state index contributed by atoms with van der Waals surface area (Å²) in [5.74, 6) is -0.669. The van der Waals surface area contributed by atoms with Gasteiger partial charge in [0.25, 0.3) is 0 Å². The molecular weight excluding hydrogens is 372 g/mol. The number of carbonyl (C=O) groups is 1. The van der Waals surface area contributed by atoms with Gasteiger partial charge in [0.2, 0.25) is 0 Å². The van der Waals surface area contributed by atoms with E-state index in [4.69, 9.17) is 5.11 Å². The average Bonchev–Trinajstić information content (AvgIpc) is 2.72. The van der Waals surface area contributed by atoms with Crippen molar-refractivity contribution >= 4 is 5.97 Å². The van der Waals surface area contributed by atoms with E-state index in [0.29, 0.717) is 6.42 Å². The van der Waals surface area contributed by atoms with Crippen LogP contribution in [0.3, 0.4) is 0 Å². The normalized spacial score (nSPS) is 12.9. The van der Waals surface area contributed by atoms with Crippen molar-refractivity contribution in [2.45, 2.75) is 141 Å². The first-order valence-electron chi connectivity index (χ1n) is 12.9. The average molecular weight is 423 g/mol. The SMILES string of the molecule is CCCCCC=CCC=CCC(O)CCCCCCCCCCCCCCC(=O)O. The molecule has 0 fully saturated rings. The van der Waals surface area contributed by atoms with E-state index in [0.717, 1.165) is 38.5 Å². The van der Waals surface area contributed by atoms with Crippen LogP contribution in [0.1, 0.15) is 135 Å². The summed E-state index contributed by atoms with van der Waals surface area (Å²) >= 11 is 0. The molecule has 1 atom stereocenters. The lowest BCUT2D eigenvalue weighted by atomic mass is 10.0. The van der Waals surface area contributed by atoms with Gasteiger partial charge in [0.15, 0.2) is 0 Å². The molecule has 0 aliphatic heterocycles. The fourth-order valence-electron chi connectivity index (χ4n) is 3.70. The minimum absolute atomic E-state index is 0.176. The summed E-state index contributed by atoms with van der Waals surface area (Å²) in [7, 11) is 0. The number of rotatable bonds is 23. The summed E-state index contributed by atoms with van der Waals surface area (Å²) in [6.07, 6.45) is 31.4. The molecule has 0 rings (SSSR count). The topological polar surface area (TPSA) is 57.5 Å². The van der Waals surface area contributed by atoms with E-state index in [1.54, 1.807) is 0 Å². The van der Waals surface area contributed by atoms with Crippen molar-refractivity contribution in [3.8, 4) is 0 Å². The minimum atomic E-state index is -0.669. The van der Waals surface area contributed by atoms with E-state index in [1.807, 2.05) is 0 Å². The number of hydrogen-bond donors (Lipinski definition) is 2. The second kappa shape index (κ2) is 24.2. The maximum Gasteiger partial charge on any atom is 0.303 e. The van der Waals surface area contributed by atoms with Crippen LogP contribution in [0.15, 0.2) is 24.3 Å². The van der Waals surface area contributed by atoms with Crippen molar-refractivity contribution in [1.29, 1.82) is 0 Å². The molecule has 0 bridgehead atoms. The van der Waals surface area contributed by atoms with E-state index >= 15 is 0 Å². The van der Waals surface area contributed by atoms with Gasteiger partial charge >= 0.3 is 5.97 Å². The molecule has 1 unspecified atom stereocenters. The number of unbranched alkanes of at least 4 members (excludes halogenated alkanes) is 14. The monoisotopic (exact) mass is 422 g/mol. The molecule has 2 N–H and O–H groups in total. The van der Waals surface area contributed by atoms with Crippen molar-refractivity contribution in [3.05, 3.63) is 24.3 Å². The zero-order valence-electron chi connectivity index (χ0n) is 19.8. The highest BCUT2D eigenvalue weighted by molar-refractivity contribution is 5.66. The van der Waals surface area contributed by atoms with Gasteiger partial charge < -0.3 is 10.2 Å². The van der Waals surface area contributed by atoms with Crippen LogP contribution in [0, 0.1) is 0 Å². The number of aliphatic hydroxyl groups is 1. The standard InChI is InChI=1S/C27H50O3/c1-2-3-4-5-6-11-14-17-20-23-26(28)24-21-18-15-12-9-7-8-10-13-16-19-22-25-27(29)30/h6,11,17,20,26,28H,2-5,7-10,12-16,18-19,21-25H2,1H3,(H,29,30). The van der Waals surface area contributed by atoms with Gasteiger partial charge in [-0.05, 0) is 38.5 Å². The minimum Gasteiger partial charge on any atom is -0.481 e. The van der Waals surface area contributed by atoms with E-state index in [2.05, 4.69) is 31.2 Å². The molecule has 3 heteroatoms. The fraction of sp³-hybridized carbons (Fsp3) is 0.815. The smallest absolute Gasteiger partial charge is 0.303 e. The summed E-state index contributed by atoms with van der Waals surface area (Å²) in [5.41, 5.74) is 0. The molecule has 0 heterocycles. The van der Waals surface area contributed by atoms with Gasteiger partial charge in [0, 0.05) is 6.42 Å². The second-order valence-electron chi connectivity index (χ2n) is 8.74. The Morgan fingerprint density at radius 3 is 1.80 bits per heavy atom. The Morgan fingerprint density at radius 1 is 0.700 bits per heavy atom. The lowest BCUT2D eigenvalue weighted by Crippen LogP contribution is -2.04. The first kappa shape index (κ1) is 28.9. The van der Waals surface area contributed by atoms with Gasteiger partial charge in [-0.1, -0.05) is 115 Å². The Kier molecular flexibility index (Phi) is 23.3. The van der Waals surface area contributed by atoms with Gasteiger partial charge in [0.05, 0.1) is 6.10 Å². The lowest BCUT2D eigenvalue weighted by molar-refractivity contribution is -0.137. The molecule has 0 aliphatic carbocycles. The number of carboxylic acids is 1. The summed E-state index contributed by atoms with van der Waals surface area (Å²) in [5, 5.41) is 18.6. The number of aliphatic carboxylic acids is 1. The number of hydrogen-bond acceptors (Lipinski definition) is 2. The third-order valence-electron chi connectivity index (χ3n) is 5.67. The predicted molar refractivity (Wildman–Crippen MR) is 130 cm³/mol. The van der Waals surface area contributed by atoms with Gasteiger partial charge in [-0.25, -0.2) is 0 Å². The molecule has 176 valence electrons. The Labute approximate surface area is 187 Å². The molecule has 0 aromatic carbocycles.